The number of amides is 1. The van der Waals surface area contributed by atoms with Gasteiger partial charge in [-0.3, -0.25) is 4.79 Å². The number of aryl methyl sites for hydroxylation is 1. The maximum Gasteiger partial charge on any atom is 0.250 e. The molecule has 2 N–H and O–H groups in total. The Balaban J connectivity index is 1.81. The summed E-state index contributed by atoms with van der Waals surface area (Å²) in [5, 5.41) is 9.82. The normalized spacial score (nSPS) is 20.7. The van der Waals surface area contributed by atoms with Gasteiger partial charge in [-0.1, -0.05) is 4.49 Å². The highest BCUT2D eigenvalue weighted by Gasteiger charge is 2.21. The molecule has 0 aromatic carbocycles. The van der Waals surface area contributed by atoms with Gasteiger partial charge < -0.3 is 15.4 Å². The molecule has 1 aliphatic heterocycles. The van der Waals surface area contributed by atoms with E-state index < -0.39 is 0 Å². The van der Waals surface area contributed by atoms with E-state index in [1.54, 1.807) is 0 Å². The second-order valence-electron chi connectivity index (χ2n) is 3.56. The number of morpholine rings is 1. The summed E-state index contributed by atoms with van der Waals surface area (Å²) < 4.78 is 9.15. The predicted octanol–water partition coefficient (Wildman–Crippen LogP) is -0.549. The van der Waals surface area contributed by atoms with Crippen LogP contribution in [0.5, 0.6) is 0 Å². The first-order chi connectivity index (χ1) is 7.77. The molecule has 88 valence electrons. The smallest absolute Gasteiger partial charge is 0.250 e. The molecule has 16 heavy (non-hydrogen) atoms. The number of hydrogen-bond acceptors (Lipinski definition) is 6. The Morgan fingerprint density at radius 1 is 1.75 bits per heavy atom. The third-order valence-corrected chi connectivity index (χ3v) is 3.21. The summed E-state index contributed by atoms with van der Waals surface area (Å²) in [7, 11) is 0. The van der Waals surface area contributed by atoms with Crippen molar-refractivity contribution in [1.29, 1.82) is 0 Å². The second kappa shape index (κ2) is 5.33. The molecule has 1 aromatic heterocycles. The Labute approximate surface area is 97.5 Å². The minimum Gasteiger partial charge on any atom is -0.366 e. The van der Waals surface area contributed by atoms with Crippen molar-refractivity contribution in [1.82, 2.24) is 20.2 Å². The summed E-state index contributed by atoms with van der Waals surface area (Å²) in [6.07, 6.45) is -0.380. The molecule has 1 aliphatic rings. The third kappa shape index (κ3) is 2.75. The molecule has 0 bridgehead atoms. The fourth-order valence-corrected chi connectivity index (χ4v) is 2.00. The van der Waals surface area contributed by atoms with Crippen molar-refractivity contribution >= 4 is 17.4 Å². The number of nitrogens with one attached hydrogen (secondary N) is 2. The van der Waals surface area contributed by atoms with Gasteiger partial charge in [0.1, 0.15) is 6.10 Å². The van der Waals surface area contributed by atoms with E-state index in [-0.39, 0.29) is 12.0 Å². The quantitative estimate of drug-likeness (QED) is 0.744. The number of aromatic nitrogens is 2. The SMILES string of the molecule is Cc1nnsc1CNC(=O)[C@H]1CNCCO1. The molecular formula is C9H14N4O2S. The highest BCUT2D eigenvalue weighted by molar-refractivity contribution is 7.05. The maximum atomic E-state index is 11.7. The first-order valence-corrected chi connectivity index (χ1v) is 5.92. The largest absolute Gasteiger partial charge is 0.366 e. The summed E-state index contributed by atoms with van der Waals surface area (Å²) in [6, 6.07) is 0. The summed E-state index contributed by atoms with van der Waals surface area (Å²) in [5.41, 5.74) is 0.869. The molecule has 1 saturated heterocycles. The molecule has 0 aliphatic carbocycles. The highest BCUT2D eigenvalue weighted by Crippen LogP contribution is 2.08. The highest BCUT2D eigenvalue weighted by atomic mass is 32.1. The Morgan fingerprint density at radius 3 is 3.25 bits per heavy atom. The van der Waals surface area contributed by atoms with E-state index >= 15 is 0 Å². The van der Waals surface area contributed by atoms with Gasteiger partial charge in [0, 0.05) is 13.1 Å². The molecule has 1 amide bonds. The van der Waals surface area contributed by atoms with Gasteiger partial charge in [-0.25, -0.2) is 0 Å². The Bertz CT molecular complexity index is 362. The topological polar surface area (TPSA) is 76.1 Å². The van der Waals surface area contributed by atoms with Gasteiger partial charge in [0.25, 0.3) is 5.91 Å². The Hall–Kier alpha value is -1.05. The van der Waals surface area contributed by atoms with Crippen LogP contribution in [0.3, 0.4) is 0 Å². The fraction of sp³-hybridized carbons (Fsp3) is 0.667. The van der Waals surface area contributed by atoms with Gasteiger partial charge in [-0.15, -0.1) is 5.10 Å². The number of rotatable bonds is 3. The molecule has 6 nitrogen and oxygen atoms in total. The van der Waals surface area contributed by atoms with Crippen LogP contribution in [0.15, 0.2) is 0 Å². The van der Waals surface area contributed by atoms with Crippen molar-refractivity contribution in [3.8, 4) is 0 Å². The summed E-state index contributed by atoms with van der Waals surface area (Å²) >= 11 is 1.31. The Morgan fingerprint density at radius 2 is 2.62 bits per heavy atom. The molecular weight excluding hydrogens is 228 g/mol. The van der Waals surface area contributed by atoms with E-state index in [0.717, 1.165) is 17.1 Å². The van der Waals surface area contributed by atoms with Gasteiger partial charge in [-0.2, -0.15) is 0 Å². The molecule has 7 heteroatoms. The van der Waals surface area contributed by atoms with Crippen LogP contribution in [0.25, 0.3) is 0 Å². The van der Waals surface area contributed by atoms with Crippen molar-refractivity contribution in [2.75, 3.05) is 19.7 Å². The first kappa shape index (κ1) is 11.4. The second-order valence-corrected chi connectivity index (χ2v) is 4.40. The van der Waals surface area contributed by atoms with Crippen LogP contribution >= 0.6 is 11.5 Å². The molecule has 1 fully saturated rings. The minimum atomic E-state index is -0.380. The number of nitrogens with zero attached hydrogens (tertiary/aromatic N) is 2. The molecule has 2 rings (SSSR count). The molecule has 0 unspecified atom stereocenters. The van der Waals surface area contributed by atoms with Gasteiger partial charge in [0.15, 0.2) is 0 Å². The zero-order valence-corrected chi connectivity index (χ0v) is 9.84. The summed E-state index contributed by atoms with van der Waals surface area (Å²) in [6.45, 7) is 4.32. The lowest BCUT2D eigenvalue weighted by atomic mass is 10.3. The lowest BCUT2D eigenvalue weighted by molar-refractivity contribution is -0.134. The van der Waals surface area contributed by atoms with Crippen molar-refractivity contribution in [2.24, 2.45) is 0 Å². The molecule has 1 aromatic rings. The maximum absolute atomic E-state index is 11.7. The van der Waals surface area contributed by atoms with E-state index in [0.29, 0.717) is 19.7 Å². The average Bonchev–Trinajstić information content (AvgIpc) is 2.73. The lowest BCUT2D eigenvalue weighted by Crippen LogP contribution is -2.47. The minimum absolute atomic E-state index is 0.0833. The van der Waals surface area contributed by atoms with Gasteiger partial charge in [0.05, 0.1) is 23.7 Å². The summed E-state index contributed by atoms with van der Waals surface area (Å²) in [4.78, 5) is 12.7. The van der Waals surface area contributed by atoms with Crippen molar-refractivity contribution in [3.05, 3.63) is 10.6 Å². The van der Waals surface area contributed by atoms with Crippen LogP contribution in [0.4, 0.5) is 0 Å². The lowest BCUT2D eigenvalue weighted by Gasteiger charge is -2.22. The van der Waals surface area contributed by atoms with Gasteiger partial charge in [0.2, 0.25) is 0 Å². The van der Waals surface area contributed by atoms with Crippen LogP contribution in [-0.2, 0) is 16.1 Å². The van der Waals surface area contributed by atoms with Crippen LogP contribution in [0, 0.1) is 6.92 Å². The monoisotopic (exact) mass is 242 g/mol. The van der Waals surface area contributed by atoms with E-state index in [9.17, 15) is 4.79 Å². The van der Waals surface area contributed by atoms with Crippen molar-refractivity contribution in [2.45, 2.75) is 19.6 Å². The standard InChI is InChI=1S/C9H14N4O2S/c1-6-8(16-13-12-6)5-11-9(14)7-4-10-2-3-15-7/h7,10H,2-5H2,1H3,(H,11,14)/t7-/m1/s1. The van der Waals surface area contributed by atoms with Crippen LogP contribution in [-0.4, -0.2) is 41.3 Å². The van der Waals surface area contributed by atoms with Gasteiger partial charge >= 0.3 is 0 Å². The molecule has 1 atom stereocenters. The Kier molecular flexibility index (Phi) is 3.81. The van der Waals surface area contributed by atoms with Crippen LogP contribution in [0.1, 0.15) is 10.6 Å². The van der Waals surface area contributed by atoms with Gasteiger partial charge in [-0.05, 0) is 18.5 Å². The van der Waals surface area contributed by atoms with E-state index in [2.05, 4.69) is 20.2 Å². The first-order valence-electron chi connectivity index (χ1n) is 5.15. The number of carbonyl (C=O) groups is 1. The zero-order valence-electron chi connectivity index (χ0n) is 9.02. The van der Waals surface area contributed by atoms with Crippen molar-refractivity contribution < 1.29 is 9.53 Å². The zero-order chi connectivity index (χ0) is 11.4. The summed E-state index contributed by atoms with van der Waals surface area (Å²) in [5.74, 6) is -0.0833. The average molecular weight is 242 g/mol. The molecule has 2 heterocycles. The van der Waals surface area contributed by atoms with E-state index in [1.807, 2.05) is 6.92 Å². The number of hydrogen-bond donors (Lipinski definition) is 2. The number of carbonyl (C=O) groups excluding carboxylic acids is 1. The van der Waals surface area contributed by atoms with Crippen LogP contribution in [0.2, 0.25) is 0 Å². The van der Waals surface area contributed by atoms with Crippen LogP contribution < -0.4 is 10.6 Å². The molecule has 0 spiro atoms. The third-order valence-electron chi connectivity index (χ3n) is 2.39. The number of ether oxygens (including phenoxy) is 1. The fourth-order valence-electron chi connectivity index (χ4n) is 1.43. The van der Waals surface area contributed by atoms with Crippen molar-refractivity contribution in [3.63, 3.8) is 0 Å². The van der Waals surface area contributed by atoms with E-state index in [1.165, 1.54) is 11.5 Å². The molecule has 0 saturated carbocycles. The molecule has 0 radical (unpaired) electrons. The van der Waals surface area contributed by atoms with E-state index in [4.69, 9.17) is 4.74 Å². The predicted molar refractivity (Wildman–Crippen MR) is 59.1 cm³/mol.